The van der Waals surface area contributed by atoms with Gasteiger partial charge in [0.15, 0.2) is 6.61 Å². The number of amides is 2. The van der Waals surface area contributed by atoms with E-state index in [1.165, 1.54) is 33.5 Å². The largest absolute Gasteiger partial charge is 0.484 e. The number of carbonyl (C=O) groups is 2. The molecular weight excluding hydrogens is 589 g/mol. The van der Waals surface area contributed by atoms with E-state index in [0.717, 1.165) is 11.1 Å². The normalized spacial score (nSPS) is 14.7. The molecule has 1 fully saturated rings. The van der Waals surface area contributed by atoms with Crippen molar-refractivity contribution in [3.63, 3.8) is 0 Å². The van der Waals surface area contributed by atoms with E-state index in [2.05, 4.69) is 5.32 Å². The topological polar surface area (TPSA) is 105 Å². The van der Waals surface area contributed by atoms with Crippen LogP contribution in [0.5, 0.6) is 5.75 Å². The second kappa shape index (κ2) is 14.2. The molecule has 4 rings (SSSR count). The lowest BCUT2D eigenvalue weighted by molar-refractivity contribution is -0.142. The molecule has 41 heavy (non-hydrogen) atoms. The lowest BCUT2D eigenvalue weighted by Gasteiger charge is -2.29. The molecule has 0 radical (unpaired) electrons. The number of hydrogen-bond acceptors (Lipinski definition) is 6. The van der Waals surface area contributed by atoms with E-state index in [4.69, 9.17) is 32.7 Å². The van der Waals surface area contributed by atoms with Gasteiger partial charge in [0, 0.05) is 36.2 Å². The smallest absolute Gasteiger partial charge is 0.261 e. The number of carbonyl (C=O) groups excluding carboxylic acids is 2. The Kier molecular flexibility index (Phi) is 10.6. The summed E-state index contributed by atoms with van der Waals surface area (Å²) in [6.45, 7) is 3.03. The Labute approximate surface area is 250 Å². The molecule has 3 aromatic carbocycles. The fraction of sp³-hybridized carbons (Fsp3) is 0.310. The van der Waals surface area contributed by atoms with Gasteiger partial charge in [-0.1, -0.05) is 47.5 Å². The van der Waals surface area contributed by atoms with Crippen molar-refractivity contribution in [1.29, 1.82) is 0 Å². The maximum absolute atomic E-state index is 13.3. The van der Waals surface area contributed by atoms with Crippen molar-refractivity contribution in [2.24, 2.45) is 0 Å². The molecule has 0 unspecified atom stereocenters. The Bertz CT molecular complexity index is 1430. The van der Waals surface area contributed by atoms with E-state index >= 15 is 0 Å². The summed E-state index contributed by atoms with van der Waals surface area (Å²) in [5.74, 6) is -0.426. The van der Waals surface area contributed by atoms with E-state index in [1.54, 1.807) is 43.3 Å². The van der Waals surface area contributed by atoms with Crippen LogP contribution in [0.25, 0.3) is 0 Å². The third kappa shape index (κ3) is 8.43. The van der Waals surface area contributed by atoms with Crippen LogP contribution in [0.3, 0.4) is 0 Å². The third-order valence-corrected chi connectivity index (χ3v) is 9.02. The molecule has 1 saturated heterocycles. The number of rotatable bonds is 11. The Morgan fingerprint density at radius 2 is 1.49 bits per heavy atom. The molecule has 0 bridgehead atoms. The average Bonchev–Trinajstić information content (AvgIpc) is 2.99. The first kappa shape index (κ1) is 30.8. The van der Waals surface area contributed by atoms with E-state index in [0.29, 0.717) is 42.1 Å². The monoisotopic (exact) mass is 619 g/mol. The first-order valence-corrected chi connectivity index (χ1v) is 15.2. The molecule has 1 atom stereocenters. The van der Waals surface area contributed by atoms with Gasteiger partial charge < -0.3 is 19.7 Å². The van der Waals surface area contributed by atoms with Crippen LogP contribution in [-0.4, -0.2) is 68.4 Å². The van der Waals surface area contributed by atoms with Crippen LogP contribution in [0.4, 0.5) is 0 Å². The summed E-state index contributed by atoms with van der Waals surface area (Å²) in [4.78, 5) is 28.0. The molecule has 0 aromatic heterocycles. The summed E-state index contributed by atoms with van der Waals surface area (Å²) in [7, 11) is -3.65. The molecule has 1 heterocycles. The Morgan fingerprint density at radius 1 is 0.927 bits per heavy atom. The minimum Gasteiger partial charge on any atom is -0.484 e. The molecule has 0 saturated carbocycles. The predicted octanol–water partition coefficient (Wildman–Crippen LogP) is 4.13. The highest BCUT2D eigenvalue weighted by Crippen LogP contribution is 2.21. The number of morpholine rings is 1. The minimum absolute atomic E-state index is 0.133. The number of halogens is 2. The van der Waals surface area contributed by atoms with Crippen molar-refractivity contribution >= 4 is 45.0 Å². The summed E-state index contributed by atoms with van der Waals surface area (Å²) >= 11 is 12.0. The van der Waals surface area contributed by atoms with Gasteiger partial charge in [-0.3, -0.25) is 9.59 Å². The highest BCUT2D eigenvalue weighted by Gasteiger charge is 2.28. The zero-order valence-corrected chi connectivity index (χ0v) is 24.8. The minimum atomic E-state index is -3.65. The van der Waals surface area contributed by atoms with Crippen molar-refractivity contribution in [2.45, 2.75) is 31.0 Å². The number of nitrogens with one attached hydrogen (secondary N) is 1. The standard InChI is InChI=1S/C29H31Cl2N3O6S/c1-21(29(36)32-18-22-2-6-24(30)7-3-22)34(19-23-4-8-25(31)9-5-23)28(35)20-40-26-10-12-27(13-11-26)41(37,38)33-14-16-39-17-15-33/h2-13,21H,14-20H2,1H3,(H,32,36)/t21-/m0/s1. The quantitative estimate of drug-likeness (QED) is 0.346. The summed E-state index contributed by atoms with van der Waals surface area (Å²) in [5, 5.41) is 4.02. The summed E-state index contributed by atoms with van der Waals surface area (Å²) in [6.07, 6.45) is 0. The molecule has 3 aromatic rings. The van der Waals surface area contributed by atoms with Crippen LogP contribution in [0.15, 0.2) is 77.7 Å². The van der Waals surface area contributed by atoms with Crippen LogP contribution in [0.1, 0.15) is 18.1 Å². The van der Waals surface area contributed by atoms with Gasteiger partial charge >= 0.3 is 0 Å². The van der Waals surface area contributed by atoms with E-state index < -0.39 is 22.0 Å². The Hall–Kier alpha value is -3.15. The Morgan fingerprint density at radius 3 is 2.07 bits per heavy atom. The zero-order valence-electron chi connectivity index (χ0n) is 22.5. The molecule has 12 heteroatoms. The van der Waals surface area contributed by atoms with Crippen LogP contribution in [-0.2, 0) is 37.4 Å². The molecule has 218 valence electrons. The zero-order chi connectivity index (χ0) is 29.4. The van der Waals surface area contributed by atoms with Gasteiger partial charge in [0.2, 0.25) is 15.9 Å². The van der Waals surface area contributed by atoms with Crippen molar-refractivity contribution in [2.75, 3.05) is 32.9 Å². The van der Waals surface area contributed by atoms with E-state index in [9.17, 15) is 18.0 Å². The summed E-state index contributed by atoms with van der Waals surface area (Å²) in [5.41, 5.74) is 1.66. The highest BCUT2D eigenvalue weighted by molar-refractivity contribution is 7.89. The summed E-state index contributed by atoms with van der Waals surface area (Å²) in [6, 6.07) is 19.2. The molecule has 9 nitrogen and oxygen atoms in total. The number of ether oxygens (including phenoxy) is 2. The molecular formula is C29H31Cl2N3O6S. The number of benzene rings is 3. The molecule has 1 aliphatic heterocycles. The highest BCUT2D eigenvalue weighted by atomic mass is 35.5. The lowest BCUT2D eigenvalue weighted by Crippen LogP contribution is -2.48. The van der Waals surface area contributed by atoms with E-state index in [1.807, 2.05) is 12.1 Å². The Balaban J connectivity index is 1.41. The van der Waals surface area contributed by atoms with Crippen molar-refractivity contribution in [3.05, 3.63) is 94.0 Å². The number of hydrogen-bond donors (Lipinski definition) is 1. The van der Waals surface area contributed by atoms with Gasteiger partial charge in [-0.05, 0) is 66.6 Å². The second-order valence-electron chi connectivity index (χ2n) is 9.44. The van der Waals surface area contributed by atoms with Crippen molar-refractivity contribution in [3.8, 4) is 5.75 Å². The SMILES string of the molecule is C[C@@H](C(=O)NCc1ccc(Cl)cc1)N(Cc1ccc(Cl)cc1)C(=O)COc1ccc(S(=O)(=O)N2CCOCC2)cc1. The summed E-state index contributed by atoms with van der Waals surface area (Å²) < 4.78 is 38.0. The number of sulfonamides is 1. The maximum Gasteiger partial charge on any atom is 0.261 e. The van der Waals surface area contributed by atoms with Gasteiger partial charge in [-0.2, -0.15) is 4.31 Å². The van der Waals surface area contributed by atoms with Crippen molar-refractivity contribution in [1.82, 2.24) is 14.5 Å². The van der Waals surface area contributed by atoms with Crippen LogP contribution < -0.4 is 10.1 Å². The van der Waals surface area contributed by atoms with Crippen LogP contribution >= 0.6 is 23.2 Å². The fourth-order valence-electron chi connectivity index (χ4n) is 4.18. The first-order valence-electron chi connectivity index (χ1n) is 13.0. The van der Waals surface area contributed by atoms with Gasteiger partial charge in [0.05, 0.1) is 18.1 Å². The number of nitrogens with zero attached hydrogens (tertiary/aromatic N) is 2. The van der Waals surface area contributed by atoms with E-state index in [-0.39, 0.29) is 30.5 Å². The molecule has 0 spiro atoms. The maximum atomic E-state index is 13.3. The predicted molar refractivity (Wildman–Crippen MR) is 156 cm³/mol. The van der Waals surface area contributed by atoms with Gasteiger partial charge in [-0.25, -0.2) is 8.42 Å². The molecule has 0 aliphatic carbocycles. The van der Waals surface area contributed by atoms with Crippen LogP contribution in [0, 0.1) is 0 Å². The molecule has 2 amide bonds. The van der Waals surface area contributed by atoms with Crippen molar-refractivity contribution < 1.29 is 27.5 Å². The second-order valence-corrected chi connectivity index (χ2v) is 12.3. The fourth-order valence-corrected chi connectivity index (χ4v) is 5.84. The van der Waals surface area contributed by atoms with Gasteiger partial charge in [-0.15, -0.1) is 0 Å². The third-order valence-electron chi connectivity index (χ3n) is 6.61. The van der Waals surface area contributed by atoms with Gasteiger partial charge in [0.1, 0.15) is 11.8 Å². The first-order chi connectivity index (χ1) is 19.6. The van der Waals surface area contributed by atoms with Gasteiger partial charge in [0.25, 0.3) is 5.91 Å². The molecule has 1 aliphatic rings. The molecule has 1 N–H and O–H groups in total. The lowest BCUT2D eigenvalue weighted by atomic mass is 10.1. The van der Waals surface area contributed by atoms with Crippen LogP contribution in [0.2, 0.25) is 10.0 Å². The average molecular weight is 621 g/mol.